The van der Waals surface area contributed by atoms with Crippen LogP contribution in [0.15, 0.2) is 71.9 Å². The van der Waals surface area contributed by atoms with Crippen LogP contribution in [-0.2, 0) is 27.3 Å². The van der Waals surface area contributed by atoms with Crippen LogP contribution in [0.1, 0.15) is 48.8 Å². The van der Waals surface area contributed by atoms with E-state index in [0.717, 1.165) is 47.9 Å². The average Bonchev–Trinajstić information content (AvgIpc) is 3.75. The lowest BCUT2D eigenvalue weighted by atomic mass is 9.77. The summed E-state index contributed by atoms with van der Waals surface area (Å²) in [6.45, 7) is 4.99. The number of hydrogen-bond donors (Lipinski definition) is 1. The summed E-state index contributed by atoms with van der Waals surface area (Å²) >= 11 is 0. The fourth-order valence-electron chi connectivity index (χ4n) is 6.44. The number of likely N-dealkylation sites (tertiary alicyclic amines) is 1. The Labute approximate surface area is 252 Å². The molecule has 1 N–H and O–H groups in total. The van der Waals surface area contributed by atoms with Crippen molar-refractivity contribution in [1.82, 2.24) is 24.6 Å². The van der Waals surface area contributed by atoms with Gasteiger partial charge in [0, 0.05) is 37.8 Å². The van der Waals surface area contributed by atoms with Crippen molar-refractivity contribution in [2.24, 2.45) is 7.05 Å². The zero-order valence-electron chi connectivity index (χ0n) is 24.7. The Bertz CT molecular complexity index is 1730. The normalized spacial score (nSPS) is 18.1. The first kappa shape index (κ1) is 28.9. The number of carbonyl (C=O) groups excluding carboxylic acids is 1. The highest BCUT2D eigenvalue weighted by molar-refractivity contribution is 7.92. The van der Waals surface area contributed by atoms with E-state index in [1.165, 1.54) is 17.1 Å². The van der Waals surface area contributed by atoms with Crippen LogP contribution >= 0.6 is 0 Å². The highest BCUT2D eigenvalue weighted by Gasteiger charge is 2.46. The molecule has 1 unspecified atom stereocenters. The van der Waals surface area contributed by atoms with Crippen LogP contribution in [0, 0.1) is 13.8 Å². The summed E-state index contributed by atoms with van der Waals surface area (Å²) in [4.78, 5) is 24.9. The summed E-state index contributed by atoms with van der Waals surface area (Å²) in [5.41, 5.74) is 4.01. The van der Waals surface area contributed by atoms with Crippen LogP contribution in [-0.4, -0.2) is 58.2 Å². The van der Waals surface area contributed by atoms with Gasteiger partial charge in [-0.1, -0.05) is 61.4 Å². The molecule has 43 heavy (non-hydrogen) atoms. The van der Waals surface area contributed by atoms with Crippen LogP contribution < -0.4 is 9.46 Å². The van der Waals surface area contributed by atoms with Gasteiger partial charge in [-0.3, -0.25) is 9.48 Å². The average molecular weight is 601 g/mol. The van der Waals surface area contributed by atoms with E-state index in [2.05, 4.69) is 31.9 Å². The Hall–Kier alpha value is -4.25. The molecule has 224 valence electrons. The summed E-state index contributed by atoms with van der Waals surface area (Å²) < 4.78 is 36.5. The number of hydrogen-bond acceptors (Lipinski definition) is 7. The number of benzene rings is 2. The van der Waals surface area contributed by atoms with E-state index in [9.17, 15) is 13.2 Å². The molecule has 10 nitrogen and oxygen atoms in total. The molecular formula is C32H36N6O4S. The fraction of sp³-hybridized carbons (Fsp3) is 0.375. The van der Waals surface area contributed by atoms with Gasteiger partial charge in [-0.05, 0) is 43.4 Å². The molecule has 1 saturated carbocycles. The Morgan fingerprint density at radius 3 is 2.42 bits per heavy atom. The standard InChI is InChI=1S/C32H36N6O4S/c1-22-10-9-11-23(2)29(22)27-18-28(35-31(34-27)36-43(40,41)26-19-33-37(3)21-26)42-25-14-17-38(20-25)30(39)32(15-7-8-16-32)24-12-5-4-6-13-24/h4-6,9-13,18-19,21,25H,7-8,14-17,20H2,1-3H3,(H,34,35,36). The SMILES string of the molecule is Cc1cccc(C)c1-c1cc(OC2CCN(C(=O)C3(c4ccccc4)CCCC3)C2)nc(NS(=O)(=O)c2cnn(C)c2)n1. The number of rotatable bonds is 8. The highest BCUT2D eigenvalue weighted by atomic mass is 32.2. The molecule has 2 aliphatic rings. The number of anilines is 1. The van der Waals surface area contributed by atoms with Gasteiger partial charge in [-0.25, -0.2) is 18.1 Å². The minimum atomic E-state index is -3.99. The monoisotopic (exact) mass is 600 g/mol. The van der Waals surface area contributed by atoms with E-state index >= 15 is 0 Å². The minimum Gasteiger partial charge on any atom is -0.472 e. The van der Waals surface area contributed by atoms with Gasteiger partial charge in [0.1, 0.15) is 11.0 Å². The molecule has 1 aliphatic heterocycles. The zero-order chi connectivity index (χ0) is 30.2. The Morgan fingerprint density at radius 1 is 1.02 bits per heavy atom. The van der Waals surface area contributed by atoms with E-state index in [0.29, 0.717) is 25.2 Å². The van der Waals surface area contributed by atoms with Gasteiger partial charge in [0.25, 0.3) is 10.0 Å². The number of aromatic nitrogens is 4. The van der Waals surface area contributed by atoms with E-state index < -0.39 is 15.4 Å². The van der Waals surface area contributed by atoms with E-state index in [-0.39, 0.29) is 28.7 Å². The molecule has 0 spiro atoms. The topological polar surface area (TPSA) is 119 Å². The molecule has 2 aromatic heterocycles. The second-order valence-corrected chi connectivity index (χ2v) is 13.3. The number of ether oxygens (including phenoxy) is 1. The molecule has 3 heterocycles. The predicted molar refractivity (Wildman–Crippen MR) is 163 cm³/mol. The fourth-order valence-corrected chi connectivity index (χ4v) is 7.36. The third-order valence-electron chi connectivity index (χ3n) is 8.57. The van der Waals surface area contributed by atoms with Crippen LogP contribution in [0.4, 0.5) is 5.95 Å². The number of sulfonamides is 1. The molecule has 11 heteroatoms. The first-order valence-corrected chi connectivity index (χ1v) is 16.1. The molecule has 4 aromatic rings. The Morgan fingerprint density at radius 2 is 1.74 bits per heavy atom. The van der Waals surface area contributed by atoms with Gasteiger partial charge in [0.15, 0.2) is 0 Å². The maximum Gasteiger partial charge on any atom is 0.267 e. The Balaban J connectivity index is 1.27. The van der Waals surface area contributed by atoms with Gasteiger partial charge in [-0.2, -0.15) is 10.1 Å². The molecule has 0 radical (unpaired) electrons. The van der Waals surface area contributed by atoms with Crippen molar-refractivity contribution < 1.29 is 17.9 Å². The largest absolute Gasteiger partial charge is 0.472 e. The number of nitrogens with zero attached hydrogens (tertiary/aromatic N) is 5. The third-order valence-corrected chi connectivity index (χ3v) is 9.85. The quantitative estimate of drug-likeness (QED) is 0.309. The lowest BCUT2D eigenvalue weighted by Crippen LogP contribution is -2.45. The Kier molecular flexibility index (Phi) is 7.68. The number of carbonyl (C=O) groups is 1. The smallest absolute Gasteiger partial charge is 0.267 e. The maximum absolute atomic E-state index is 14.0. The maximum atomic E-state index is 14.0. The van der Waals surface area contributed by atoms with Crippen molar-refractivity contribution in [3.8, 4) is 17.1 Å². The lowest BCUT2D eigenvalue weighted by molar-refractivity contribution is -0.136. The summed E-state index contributed by atoms with van der Waals surface area (Å²) in [7, 11) is -2.34. The highest BCUT2D eigenvalue weighted by Crippen LogP contribution is 2.43. The van der Waals surface area contributed by atoms with Crippen molar-refractivity contribution in [3.63, 3.8) is 0 Å². The number of aryl methyl sites for hydroxylation is 3. The second-order valence-electron chi connectivity index (χ2n) is 11.6. The van der Waals surface area contributed by atoms with Gasteiger partial charge in [0.05, 0.1) is 23.9 Å². The predicted octanol–water partition coefficient (Wildman–Crippen LogP) is 4.79. The van der Waals surface area contributed by atoms with Crippen molar-refractivity contribution in [3.05, 3.63) is 83.7 Å². The van der Waals surface area contributed by atoms with Gasteiger partial charge < -0.3 is 9.64 Å². The number of nitrogens with one attached hydrogen (secondary N) is 1. The summed E-state index contributed by atoms with van der Waals surface area (Å²) in [5.74, 6) is 0.305. The molecule has 1 saturated heterocycles. The molecule has 0 bridgehead atoms. The van der Waals surface area contributed by atoms with Crippen LogP contribution in [0.25, 0.3) is 11.3 Å². The van der Waals surface area contributed by atoms with Gasteiger partial charge in [0.2, 0.25) is 17.7 Å². The van der Waals surface area contributed by atoms with Crippen LogP contribution in [0.2, 0.25) is 0 Å². The number of amides is 1. The lowest BCUT2D eigenvalue weighted by Gasteiger charge is -2.33. The van der Waals surface area contributed by atoms with Gasteiger partial charge >= 0.3 is 0 Å². The first-order chi connectivity index (χ1) is 20.6. The van der Waals surface area contributed by atoms with Crippen molar-refractivity contribution >= 4 is 21.9 Å². The second kappa shape index (κ2) is 11.4. The zero-order valence-corrected chi connectivity index (χ0v) is 25.5. The molecule has 2 aromatic carbocycles. The van der Waals surface area contributed by atoms with E-state index in [1.807, 2.05) is 55.1 Å². The molecule has 2 fully saturated rings. The molecule has 1 atom stereocenters. The summed E-state index contributed by atoms with van der Waals surface area (Å²) in [5, 5.41) is 3.97. The van der Waals surface area contributed by atoms with Crippen molar-refractivity contribution in [2.75, 3.05) is 17.8 Å². The van der Waals surface area contributed by atoms with Crippen LogP contribution in [0.5, 0.6) is 5.88 Å². The van der Waals surface area contributed by atoms with Crippen LogP contribution in [0.3, 0.4) is 0 Å². The third kappa shape index (κ3) is 5.73. The molecule has 1 amide bonds. The molecule has 6 rings (SSSR count). The molecular weight excluding hydrogens is 564 g/mol. The van der Waals surface area contributed by atoms with Gasteiger partial charge in [-0.15, -0.1) is 0 Å². The van der Waals surface area contributed by atoms with E-state index in [1.54, 1.807) is 13.1 Å². The van der Waals surface area contributed by atoms with Crippen molar-refractivity contribution in [1.29, 1.82) is 0 Å². The summed E-state index contributed by atoms with van der Waals surface area (Å²) in [6.07, 6.45) is 6.81. The summed E-state index contributed by atoms with van der Waals surface area (Å²) in [6, 6.07) is 17.8. The molecule has 1 aliphatic carbocycles. The minimum absolute atomic E-state index is 0.00255. The van der Waals surface area contributed by atoms with E-state index in [4.69, 9.17) is 4.74 Å². The van der Waals surface area contributed by atoms with Crippen molar-refractivity contribution in [2.45, 2.75) is 62.4 Å². The first-order valence-electron chi connectivity index (χ1n) is 14.6.